The zero-order valence-electron chi connectivity index (χ0n) is 12.1. The molecule has 1 aromatic heterocycles. The van der Waals surface area contributed by atoms with Crippen molar-refractivity contribution >= 4 is 34.8 Å². The maximum Gasteiger partial charge on any atom is 0.246 e. The molecular weight excluding hydrogens is 325 g/mol. The minimum absolute atomic E-state index is 0. The molecule has 0 atom stereocenters. The van der Waals surface area contributed by atoms with Gasteiger partial charge in [0.25, 0.3) is 0 Å². The van der Waals surface area contributed by atoms with E-state index in [4.69, 9.17) is 5.73 Å². The minimum atomic E-state index is -0.702. The molecule has 118 valence electrons. The van der Waals surface area contributed by atoms with Crippen molar-refractivity contribution in [1.82, 2.24) is 4.98 Å². The van der Waals surface area contributed by atoms with Crippen LogP contribution in [0, 0.1) is 12.7 Å². The molecule has 0 unspecified atom stereocenters. The first-order valence-corrected chi connectivity index (χ1v) is 7.58. The lowest BCUT2D eigenvalue weighted by Crippen LogP contribution is -2.37. The maximum atomic E-state index is 13.5. The van der Waals surface area contributed by atoms with Crippen molar-refractivity contribution in [2.24, 2.45) is 5.73 Å². The average molecular weight is 342 g/mol. The van der Waals surface area contributed by atoms with Gasteiger partial charge in [-0.15, -0.1) is 23.7 Å². The number of amides is 1. The zero-order valence-corrected chi connectivity index (χ0v) is 13.7. The molecule has 4 nitrogen and oxygen atoms in total. The first-order chi connectivity index (χ1) is 9.96. The molecule has 1 aliphatic carbocycles. The molecule has 1 aromatic carbocycles. The number of carbonyl (C=O) groups excluding carboxylic acids is 1. The summed E-state index contributed by atoms with van der Waals surface area (Å²) in [5.74, 6) is -0.380. The summed E-state index contributed by atoms with van der Waals surface area (Å²) in [5, 5.41) is 3.28. The highest BCUT2D eigenvalue weighted by Crippen LogP contribution is 2.34. The number of rotatable bonds is 4. The second-order valence-electron chi connectivity index (χ2n) is 5.50. The predicted molar refractivity (Wildman–Crippen MR) is 88.1 cm³/mol. The van der Waals surface area contributed by atoms with Crippen molar-refractivity contribution < 1.29 is 9.18 Å². The van der Waals surface area contributed by atoms with E-state index in [0.717, 1.165) is 23.3 Å². The van der Waals surface area contributed by atoms with Gasteiger partial charge in [-0.25, -0.2) is 9.37 Å². The van der Waals surface area contributed by atoms with Crippen molar-refractivity contribution in [2.45, 2.75) is 31.7 Å². The zero-order chi connectivity index (χ0) is 15.0. The maximum absolute atomic E-state index is 13.5. The molecule has 1 aliphatic rings. The van der Waals surface area contributed by atoms with Crippen LogP contribution in [0.1, 0.15) is 28.8 Å². The summed E-state index contributed by atoms with van der Waals surface area (Å²) in [5.41, 5.74) is 6.64. The fraction of sp³-hybridized carbons (Fsp3) is 0.333. The Balaban J connectivity index is 0.00000176. The van der Waals surface area contributed by atoms with Gasteiger partial charge < -0.3 is 11.1 Å². The summed E-state index contributed by atoms with van der Waals surface area (Å²) in [4.78, 5) is 17.0. The standard InChI is InChI=1S/C15H16FN3OS.ClH/c1-9-2-3-10(7-12(9)16)6-11-8-18-14(21-11)19-13(20)15(17)4-5-15;/h2-3,7-8H,4-6,17H2,1H3,(H,18,19,20);1H. The van der Waals surface area contributed by atoms with Crippen LogP contribution in [0.4, 0.5) is 9.52 Å². The number of thiazole rings is 1. The van der Waals surface area contributed by atoms with Crippen LogP contribution in [0.15, 0.2) is 24.4 Å². The number of hydrogen-bond acceptors (Lipinski definition) is 4. The van der Waals surface area contributed by atoms with Crippen molar-refractivity contribution in [2.75, 3.05) is 5.32 Å². The third-order valence-corrected chi connectivity index (χ3v) is 4.54. The molecule has 22 heavy (non-hydrogen) atoms. The van der Waals surface area contributed by atoms with E-state index in [2.05, 4.69) is 10.3 Å². The van der Waals surface area contributed by atoms with Gasteiger partial charge in [0, 0.05) is 17.5 Å². The summed E-state index contributed by atoms with van der Waals surface area (Å²) in [6, 6.07) is 5.20. The second-order valence-corrected chi connectivity index (χ2v) is 6.62. The summed E-state index contributed by atoms with van der Waals surface area (Å²) >= 11 is 1.39. The van der Waals surface area contributed by atoms with Crippen LogP contribution >= 0.6 is 23.7 Å². The molecule has 3 rings (SSSR count). The number of hydrogen-bond donors (Lipinski definition) is 2. The molecule has 0 aliphatic heterocycles. The lowest BCUT2D eigenvalue weighted by atomic mass is 10.1. The number of nitrogens with one attached hydrogen (secondary N) is 1. The van der Waals surface area contributed by atoms with E-state index in [1.54, 1.807) is 19.2 Å². The number of carbonyl (C=O) groups is 1. The van der Waals surface area contributed by atoms with Crippen LogP contribution in [0.25, 0.3) is 0 Å². The quantitative estimate of drug-likeness (QED) is 0.898. The molecule has 0 bridgehead atoms. The smallest absolute Gasteiger partial charge is 0.246 e. The minimum Gasteiger partial charge on any atom is -0.317 e. The van der Waals surface area contributed by atoms with E-state index in [1.807, 2.05) is 6.07 Å². The van der Waals surface area contributed by atoms with E-state index in [-0.39, 0.29) is 24.1 Å². The first-order valence-electron chi connectivity index (χ1n) is 6.76. The van der Waals surface area contributed by atoms with Gasteiger partial charge in [0.15, 0.2) is 5.13 Å². The Bertz CT molecular complexity index is 700. The van der Waals surface area contributed by atoms with Crippen LogP contribution in [-0.2, 0) is 11.2 Å². The molecule has 7 heteroatoms. The third kappa shape index (κ3) is 3.63. The lowest BCUT2D eigenvalue weighted by Gasteiger charge is -2.06. The Labute approximate surface area is 138 Å². The molecule has 3 N–H and O–H groups in total. The van der Waals surface area contributed by atoms with Gasteiger partial charge in [-0.1, -0.05) is 12.1 Å². The molecule has 2 aromatic rings. The number of halogens is 2. The number of anilines is 1. The SMILES string of the molecule is Cc1ccc(Cc2cnc(NC(=O)C3(N)CC3)s2)cc1F.Cl. The van der Waals surface area contributed by atoms with E-state index >= 15 is 0 Å². The largest absolute Gasteiger partial charge is 0.317 e. The van der Waals surface area contributed by atoms with Gasteiger partial charge >= 0.3 is 0 Å². The van der Waals surface area contributed by atoms with Gasteiger partial charge in [-0.05, 0) is 37.0 Å². The average Bonchev–Trinajstić information content (AvgIpc) is 3.05. The van der Waals surface area contributed by atoms with Crippen molar-refractivity contribution in [3.63, 3.8) is 0 Å². The summed E-state index contributed by atoms with van der Waals surface area (Å²) in [7, 11) is 0. The fourth-order valence-corrected chi connectivity index (χ4v) is 2.82. The van der Waals surface area contributed by atoms with E-state index < -0.39 is 5.54 Å². The van der Waals surface area contributed by atoms with Crippen LogP contribution in [0.2, 0.25) is 0 Å². The van der Waals surface area contributed by atoms with Crippen LogP contribution in [-0.4, -0.2) is 16.4 Å². The van der Waals surface area contributed by atoms with E-state index in [9.17, 15) is 9.18 Å². The molecule has 1 heterocycles. The second kappa shape index (κ2) is 6.32. The Kier molecular flexibility index (Phi) is 4.84. The Hall–Kier alpha value is -1.50. The molecular formula is C15H17ClFN3OS. The Morgan fingerprint density at radius 1 is 1.50 bits per heavy atom. The molecule has 0 saturated heterocycles. The van der Waals surface area contributed by atoms with Crippen LogP contribution < -0.4 is 11.1 Å². The monoisotopic (exact) mass is 341 g/mol. The number of aryl methyl sites for hydroxylation is 1. The Morgan fingerprint density at radius 2 is 2.23 bits per heavy atom. The van der Waals surface area contributed by atoms with Crippen molar-refractivity contribution in [3.8, 4) is 0 Å². The predicted octanol–water partition coefficient (Wildman–Crippen LogP) is 3.03. The van der Waals surface area contributed by atoms with Crippen molar-refractivity contribution in [3.05, 3.63) is 46.2 Å². The number of nitrogens with zero attached hydrogens (tertiary/aromatic N) is 1. The fourth-order valence-electron chi connectivity index (χ4n) is 1.98. The van der Waals surface area contributed by atoms with E-state index in [0.29, 0.717) is 17.1 Å². The summed E-state index contributed by atoms with van der Waals surface area (Å²) < 4.78 is 13.5. The van der Waals surface area contributed by atoms with Gasteiger partial charge in [0.05, 0.1) is 5.54 Å². The van der Waals surface area contributed by atoms with Gasteiger partial charge in [0.2, 0.25) is 5.91 Å². The highest BCUT2D eigenvalue weighted by Gasteiger charge is 2.46. The van der Waals surface area contributed by atoms with Crippen LogP contribution in [0.5, 0.6) is 0 Å². The summed E-state index contributed by atoms with van der Waals surface area (Å²) in [6.07, 6.45) is 3.74. The molecule has 1 amide bonds. The van der Waals surface area contributed by atoms with Gasteiger partial charge in [0.1, 0.15) is 5.82 Å². The highest BCUT2D eigenvalue weighted by molar-refractivity contribution is 7.15. The lowest BCUT2D eigenvalue weighted by molar-refractivity contribution is -0.118. The van der Waals surface area contributed by atoms with Gasteiger partial charge in [-0.3, -0.25) is 4.79 Å². The highest BCUT2D eigenvalue weighted by atomic mass is 35.5. The number of benzene rings is 1. The van der Waals surface area contributed by atoms with E-state index in [1.165, 1.54) is 17.4 Å². The first kappa shape index (κ1) is 16.9. The molecule has 0 radical (unpaired) electrons. The third-order valence-electron chi connectivity index (χ3n) is 3.63. The number of aromatic nitrogens is 1. The normalized spacial score (nSPS) is 15.0. The van der Waals surface area contributed by atoms with Crippen LogP contribution in [0.3, 0.4) is 0 Å². The Morgan fingerprint density at radius 3 is 2.86 bits per heavy atom. The molecule has 1 saturated carbocycles. The van der Waals surface area contributed by atoms with Gasteiger partial charge in [-0.2, -0.15) is 0 Å². The van der Waals surface area contributed by atoms with Crippen molar-refractivity contribution in [1.29, 1.82) is 0 Å². The number of nitrogens with two attached hydrogens (primary N) is 1. The molecule has 1 fully saturated rings. The summed E-state index contributed by atoms with van der Waals surface area (Å²) in [6.45, 7) is 1.74. The topological polar surface area (TPSA) is 68.0 Å². The molecule has 0 spiro atoms.